The van der Waals surface area contributed by atoms with E-state index in [9.17, 15) is 9.46 Å². The van der Waals surface area contributed by atoms with Gasteiger partial charge >= 0.3 is 7.82 Å². The fourth-order valence-corrected chi connectivity index (χ4v) is 6.84. The molecule has 1 heterocycles. The van der Waals surface area contributed by atoms with Crippen molar-refractivity contribution in [3.63, 3.8) is 0 Å². The van der Waals surface area contributed by atoms with Gasteiger partial charge < -0.3 is 9.38 Å². The molecule has 1 aromatic rings. The Kier molecular flexibility index (Phi) is 18.6. The van der Waals surface area contributed by atoms with E-state index in [0.29, 0.717) is 6.61 Å². The fourth-order valence-electron chi connectivity index (χ4n) is 5.83. The van der Waals surface area contributed by atoms with Crippen LogP contribution in [-0.4, -0.2) is 48.8 Å². The van der Waals surface area contributed by atoms with Crippen molar-refractivity contribution < 1.29 is 23.0 Å². The first-order valence-corrected chi connectivity index (χ1v) is 18.0. The van der Waals surface area contributed by atoms with Crippen LogP contribution in [0, 0.1) is 0 Å². The molecule has 0 saturated carbocycles. The third kappa shape index (κ3) is 17.7. The summed E-state index contributed by atoms with van der Waals surface area (Å²) in [5, 5.41) is 0. The van der Waals surface area contributed by atoms with Gasteiger partial charge in [-0.1, -0.05) is 134 Å². The van der Waals surface area contributed by atoms with Gasteiger partial charge in [-0.15, -0.1) is 0 Å². The zero-order valence-corrected chi connectivity index (χ0v) is 26.4. The number of benzene rings is 1. The van der Waals surface area contributed by atoms with Crippen molar-refractivity contribution in [1.29, 1.82) is 0 Å². The zero-order valence-electron chi connectivity index (χ0n) is 25.5. The van der Waals surface area contributed by atoms with Gasteiger partial charge in [0, 0.05) is 12.8 Å². The third-order valence-electron chi connectivity index (χ3n) is 8.53. The Bertz CT molecular complexity index is 761. The van der Waals surface area contributed by atoms with E-state index in [2.05, 4.69) is 44.3 Å². The van der Waals surface area contributed by atoms with Gasteiger partial charge in [-0.2, -0.15) is 0 Å². The lowest BCUT2D eigenvalue weighted by Crippen LogP contribution is -2.46. The summed E-state index contributed by atoms with van der Waals surface area (Å²) in [6, 6.07) is 10.6. The van der Waals surface area contributed by atoms with Crippen LogP contribution in [0.5, 0.6) is 0 Å². The first kappa shape index (κ1) is 34.5. The minimum atomic E-state index is -3.98. The van der Waals surface area contributed by atoms with E-state index in [1.165, 1.54) is 95.5 Å². The lowest BCUT2D eigenvalue weighted by Gasteiger charge is -2.33. The fraction of sp³-hybridized carbons (Fsp3) is 0.818. The number of likely N-dealkylation sites (tertiary alicyclic amines) is 1. The zero-order chi connectivity index (χ0) is 28.1. The summed E-state index contributed by atoms with van der Waals surface area (Å²) in [4.78, 5) is 10.3. The largest absolute Gasteiger partial charge is 0.472 e. The van der Waals surface area contributed by atoms with Crippen LogP contribution in [0.25, 0.3) is 0 Å². The monoisotopic (exact) mass is 566 g/mol. The minimum absolute atomic E-state index is 0.191. The molecule has 1 aromatic carbocycles. The van der Waals surface area contributed by atoms with Crippen molar-refractivity contribution in [2.24, 2.45) is 0 Å². The van der Waals surface area contributed by atoms with Crippen LogP contribution in [0.3, 0.4) is 0 Å². The smallest absolute Gasteiger partial charge is 0.326 e. The molecule has 2 rings (SSSR count). The summed E-state index contributed by atoms with van der Waals surface area (Å²) in [5.41, 5.74) is 1.37. The molecule has 6 heteroatoms. The van der Waals surface area contributed by atoms with Gasteiger partial charge in [-0.3, -0.25) is 9.05 Å². The van der Waals surface area contributed by atoms with Gasteiger partial charge in [0.1, 0.15) is 0 Å². The molecular formula is C33H61NO4P+. The topological polar surface area (TPSA) is 55.8 Å². The highest BCUT2D eigenvalue weighted by atomic mass is 31.2. The second-order valence-electron chi connectivity index (χ2n) is 12.3. The van der Waals surface area contributed by atoms with Crippen molar-refractivity contribution in [3.8, 4) is 0 Å². The van der Waals surface area contributed by atoms with Gasteiger partial charge in [0.15, 0.2) is 0 Å². The summed E-state index contributed by atoms with van der Waals surface area (Å²) < 4.78 is 24.5. The number of phosphoric acid groups is 1. The van der Waals surface area contributed by atoms with Crippen LogP contribution < -0.4 is 0 Å². The van der Waals surface area contributed by atoms with E-state index >= 15 is 0 Å². The normalized spacial score (nSPS) is 21.5. The first-order chi connectivity index (χ1) is 18.9. The predicted molar refractivity (Wildman–Crippen MR) is 165 cm³/mol. The van der Waals surface area contributed by atoms with Crippen molar-refractivity contribution >= 4 is 7.82 Å². The quantitative estimate of drug-likeness (QED) is 0.0814. The maximum atomic E-state index is 12.5. The molecule has 1 aliphatic rings. The van der Waals surface area contributed by atoms with E-state index in [4.69, 9.17) is 9.05 Å². The summed E-state index contributed by atoms with van der Waals surface area (Å²) in [5.74, 6) is 0. The highest BCUT2D eigenvalue weighted by Crippen LogP contribution is 2.46. The van der Waals surface area contributed by atoms with E-state index < -0.39 is 7.82 Å². The summed E-state index contributed by atoms with van der Waals surface area (Å²) in [6.07, 6.45) is 24.5. The second kappa shape index (κ2) is 21.1. The maximum Gasteiger partial charge on any atom is 0.472 e. The Morgan fingerprint density at radius 2 is 1.33 bits per heavy atom. The lowest BCUT2D eigenvalue weighted by molar-refractivity contribution is -0.908. The number of phosphoric ester groups is 1. The third-order valence-corrected chi connectivity index (χ3v) is 9.61. The highest BCUT2D eigenvalue weighted by Gasteiger charge is 2.32. The summed E-state index contributed by atoms with van der Waals surface area (Å²) in [7, 11) is -1.68. The summed E-state index contributed by atoms with van der Waals surface area (Å²) >= 11 is 0. The molecule has 1 saturated heterocycles. The average molecular weight is 567 g/mol. The molecular weight excluding hydrogens is 505 g/mol. The first-order valence-electron chi connectivity index (χ1n) is 16.5. The van der Waals surface area contributed by atoms with E-state index in [1.807, 2.05) is 0 Å². The molecule has 0 amide bonds. The van der Waals surface area contributed by atoms with E-state index in [-0.39, 0.29) is 6.10 Å². The van der Waals surface area contributed by atoms with Crippen molar-refractivity contribution in [2.45, 2.75) is 141 Å². The molecule has 3 unspecified atom stereocenters. The van der Waals surface area contributed by atoms with Gasteiger partial charge in [-0.25, -0.2) is 4.57 Å². The van der Waals surface area contributed by atoms with Gasteiger partial charge in [-0.05, 0) is 24.8 Å². The molecule has 1 N–H and O–H groups in total. The Labute approximate surface area is 241 Å². The van der Waals surface area contributed by atoms with Crippen LogP contribution in [0.15, 0.2) is 30.3 Å². The van der Waals surface area contributed by atoms with Crippen molar-refractivity contribution in [2.75, 3.05) is 33.3 Å². The van der Waals surface area contributed by atoms with Crippen molar-refractivity contribution in [1.82, 2.24) is 0 Å². The molecule has 39 heavy (non-hydrogen) atoms. The molecule has 1 fully saturated rings. The molecule has 3 atom stereocenters. The minimum Gasteiger partial charge on any atom is -0.326 e. The number of rotatable bonds is 23. The van der Waals surface area contributed by atoms with E-state index in [0.717, 1.165) is 62.6 Å². The molecule has 0 radical (unpaired) electrons. The molecule has 1 aliphatic heterocycles. The molecule has 0 bridgehead atoms. The van der Waals surface area contributed by atoms with Gasteiger partial charge in [0.05, 0.1) is 39.4 Å². The standard InChI is InChI=1S/C33H60NO4P/c1-3-4-5-6-7-8-9-10-11-12-13-14-15-16-17-21-31-37-39(35,36)38-33-25-22-28-34(2,30-27-33)29-26-32-23-19-18-20-24-32/h18-20,23-24,33H,3-17,21-22,25-31H2,1-2H3/p+1. The summed E-state index contributed by atoms with van der Waals surface area (Å²) in [6.45, 7) is 5.73. The van der Waals surface area contributed by atoms with Crippen LogP contribution in [0.2, 0.25) is 0 Å². The lowest BCUT2D eigenvalue weighted by atomic mass is 10.0. The maximum absolute atomic E-state index is 12.5. The Balaban J connectivity index is 1.43. The average Bonchev–Trinajstić information content (AvgIpc) is 3.11. The molecule has 0 aromatic heterocycles. The number of nitrogens with zero attached hydrogens (tertiary/aromatic N) is 1. The van der Waals surface area contributed by atoms with Crippen LogP contribution in [-0.2, 0) is 20.0 Å². The van der Waals surface area contributed by atoms with Crippen LogP contribution in [0.4, 0.5) is 0 Å². The Morgan fingerprint density at radius 3 is 1.90 bits per heavy atom. The van der Waals surface area contributed by atoms with Crippen LogP contribution in [0.1, 0.15) is 134 Å². The Morgan fingerprint density at radius 1 is 0.795 bits per heavy atom. The van der Waals surface area contributed by atoms with Crippen LogP contribution >= 0.6 is 7.82 Å². The van der Waals surface area contributed by atoms with Gasteiger partial charge in [0.25, 0.3) is 0 Å². The number of quaternary nitrogens is 1. The number of hydrogen-bond acceptors (Lipinski definition) is 3. The van der Waals surface area contributed by atoms with E-state index in [1.54, 1.807) is 0 Å². The molecule has 226 valence electrons. The predicted octanol–water partition coefficient (Wildman–Crippen LogP) is 9.62. The highest BCUT2D eigenvalue weighted by molar-refractivity contribution is 7.47. The SMILES string of the molecule is CCCCCCCCCCCCCCCCCCOP(=O)(O)OC1CCC[N+](C)(CCc2ccccc2)CC1. The molecule has 5 nitrogen and oxygen atoms in total. The molecule has 0 spiro atoms. The second-order valence-corrected chi connectivity index (χ2v) is 13.7. The number of likely N-dealkylation sites (N-methyl/N-ethyl adjacent to an activating group) is 1. The Hall–Kier alpha value is -0.710. The molecule has 0 aliphatic carbocycles. The van der Waals surface area contributed by atoms with Crippen molar-refractivity contribution in [3.05, 3.63) is 35.9 Å². The number of hydrogen-bond donors (Lipinski definition) is 1. The number of unbranched alkanes of at least 4 members (excludes halogenated alkanes) is 15. The van der Waals surface area contributed by atoms with Gasteiger partial charge in [0.2, 0.25) is 0 Å².